The first kappa shape index (κ1) is 15.0. The average Bonchev–Trinajstić information content (AvgIpc) is 2.46. The molecule has 2 aromatic carbocycles. The van der Waals surface area contributed by atoms with Crippen LogP contribution in [0.25, 0.3) is 0 Å². The first-order chi connectivity index (χ1) is 10.2. The van der Waals surface area contributed by atoms with Crippen molar-refractivity contribution in [3.8, 4) is 23.0 Å². The number of phenolic OH excluding ortho intramolecular Hbond substituents is 2. The lowest BCUT2D eigenvalue weighted by Crippen LogP contribution is -2.12. The highest BCUT2D eigenvalue weighted by Gasteiger charge is 1.97. The Labute approximate surface area is 123 Å². The van der Waals surface area contributed by atoms with Crippen molar-refractivity contribution < 1.29 is 24.4 Å². The molecule has 0 unspecified atom stereocenters. The summed E-state index contributed by atoms with van der Waals surface area (Å²) in [5.74, 6) is 1.56. The van der Waals surface area contributed by atoms with Gasteiger partial charge in [0.2, 0.25) is 0 Å². The zero-order chi connectivity index (χ0) is 14.9. The highest BCUT2D eigenvalue weighted by Crippen LogP contribution is 2.18. The van der Waals surface area contributed by atoms with Crippen LogP contribution in [0.4, 0.5) is 0 Å². The number of hydrogen-bond donors (Lipinski definition) is 2. The molecule has 0 bridgehead atoms. The number of hydrogen-bond acceptors (Lipinski definition) is 5. The zero-order valence-corrected chi connectivity index (χ0v) is 11.6. The fourth-order valence-electron chi connectivity index (χ4n) is 1.69. The maximum absolute atomic E-state index is 9.27. The molecule has 0 spiro atoms. The number of phenols is 2. The van der Waals surface area contributed by atoms with Gasteiger partial charge in [-0.25, -0.2) is 0 Å². The molecule has 0 saturated heterocycles. The SMILES string of the molecule is Oc1cccc(OCCOCCOc2cccc(O)c2)c1. The van der Waals surface area contributed by atoms with Crippen molar-refractivity contribution in [2.45, 2.75) is 0 Å². The van der Waals surface area contributed by atoms with Gasteiger partial charge < -0.3 is 24.4 Å². The quantitative estimate of drug-likeness (QED) is 0.731. The van der Waals surface area contributed by atoms with Crippen LogP contribution in [-0.2, 0) is 4.74 Å². The van der Waals surface area contributed by atoms with Gasteiger partial charge in [0, 0.05) is 12.1 Å². The highest BCUT2D eigenvalue weighted by molar-refractivity contribution is 5.32. The molecule has 0 heterocycles. The Morgan fingerprint density at radius 3 is 1.57 bits per heavy atom. The van der Waals surface area contributed by atoms with Gasteiger partial charge in [-0.3, -0.25) is 0 Å². The minimum Gasteiger partial charge on any atom is -0.508 e. The van der Waals surface area contributed by atoms with E-state index in [1.165, 1.54) is 0 Å². The molecule has 0 radical (unpaired) electrons. The van der Waals surface area contributed by atoms with E-state index >= 15 is 0 Å². The van der Waals surface area contributed by atoms with Crippen LogP contribution < -0.4 is 9.47 Å². The molecule has 112 valence electrons. The van der Waals surface area contributed by atoms with Crippen LogP contribution in [0, 0.1) is 0 Å². The Bertz CT molecular complexity index is 506. The molecule has 0 aliphatic heterocycles. The number of aromatic hydroxyl groups is 2. The molecular weight excluding hydrogens is 272 g/mol. The largest absolute Gasteiger partial charge is 0.508 e. The van der Waals surface area contributed by atoms with Crippen molar-refractivity contribution in [2.75, 3.05) is 26.4 Å². The average molecular weight is 290 g/mol. The van der Waals surface area contributed by atoms with Crippen LogP contribution in [0.15, 0.2) is 48.5 Å². The minimum atomic E-state index is 0.174. The molecular formula is C16H18O5. The molecule has 0 aromatic heterocycles. The van der Waals surface area contributed by atoms with E-state index in [2.05, 4.69) is 0 Å². The van der Waals surface area contributed by atoms with Crippen molar-refractivity contribution in [1.82, 2.24) is 0 Å². The Morgan fingerprint density at radius 2 is 1.14 bits per heavy atom. The van der Waals surface area contributed by atoms with Gasteiger partial charge in [-0.1, -0.05) is 12.1 Å². The van der Waals surface area contributed by atoms with E-state index in [0.29, 0.717) is 37.9 Å². The molecule has 0 aliphatic carbocycles. The Kier molecular flexibility index (Phi) is 5.72. The van der Waals surface area contributed by atoms with Crippen LogP contribution in [0.1, 0.15) is 0 Å². The summed E-state index contributed by atoms with van der Waals surface area (Å²) < 4.78 is 16.2. The summed E-state index contributed by atoms with van der Waals surface area (Å²) in [6.07, 6.45) is 0. The van der Waals surface area contributed by atoms with Gasteiger partial charge in [0.25, 0.3) is 0 Å². The molecule has 0 atom stereocenters. The third-order valence-electron chi connectivity index (χ3n) is 2.63. The first-order valence-electron chi connectivity index (χ1n) is 6.65. The predicted octanol–water partition coefficient (Wildman–Crippen LogP) is 2.57. The van der Waals surface area contributed by atoms with Crippen LogP contribution in [0.3, 0.4) is 0 Å². The third kappa shape index (κ3) is 5.62. The maximum Gasteiger partial charge on any atom is 0.123 e. The van der Waals surface area contributed by atoms with E-state index in [-0.39, 0.29) is 11.5 Å². The molecule has 0 saturated carbocycles. The summed E-state index contributed by atoms with van der Waals surface area (Å²) in [6, 6.07) is 13.2. The Morgan fingerprint density at radius 1 is 0.667 bits per heavy atom. The number of benzene rings is 2. The van der Waals surface area contributed by atoms with Crippen molar-refractivity contribution in [1.29, 1.82) is 0 Å². The molecule has 0 fully saturated rings. The summed E-state index contributed by atoms with van der Waals surface area (Å²) in [5.41, 5.74) is 0. The molecule has 0 amide bonds. The fourth-order valence-corrected chi connectivity index (χ4v) is 1.69. The van der Waals surface area contributed by atoms with Crippen molar-refractivity contribution in [3.05, 3.63) is 48.5 Å². The predicted molar refractivity (Wildman–Crippen MR) is 78.0 cm³/mol. The van der Waals surface area contributed by atoms with Gasteiger partial charge in [0.1, 0.15) is 36.2 Å². The van der Waals surface area contributed by atoms with Gasteiger partial charge >= 0.3 is 0 Å². The van der Waals surface area contributed by atoms with Crippen molar-refractivity contribution in [2.24, 2.45) is 0 Å². The van der Waals surface area contributed by atoms with E-state index in [1.54, 1.807) is 48.5 Å². The minimum absolute atomic E-state index is 0.174. The van der Waals surface area contributed by atoms with Gasteiger partial charge in [-0.05, 0) is 24.3 Å². The van der Waals surface area contributed by atoms with E-state index in [1.807, 2.05) is 0 Å². The van der Waals surface area contributed by atoms with Gasteiger partial charge in [0.05, 0.1) is 13.2 Å². The van der Waals surface area contributed by atoms with Crippen LogP contribution in [-0.4, -0.2) is 36.6 Å². The van der Waals surface area contributed by atoms with Gasteiger partial charge in [-0.15, -0.1) is 0 Å². The second-order valence-electron chi connectivity index (χ2n) is 4.30. The Hall–Kier alpha value is -2.40. The lowest BCUT2D eigenvalue weighted by Gasteiger charge is -2.09. The van der Waals surface area contributed by atoms with E-state index in [0.717, 1.165) is 0 Å². The summed E-state index contributed by atoms with van der Waals surface area (Å²) in [4.78, 5) is 0. The molecule has 2 aromatic rings. The van der Waals surface area contributed by atoms with Crippen molar-refractivity contribution >= 4 is 0 Å². The molecule has 2 N–H and O–H groups in total. The fraction of sp³-hybridized carbons (Fsp3) is 0.250. The summed E-state index contributed by atoms with van der Waals surface area (Å²) in [7, 11) is 0. The molecule has 21 heavy (non-hydrogen) atoms. The topological polar surface area (TPSA) is 68.2 Å². The maximum atomic E-state index is 9.27. The summed E-state index contributed by atoms with van der Waals surface area (Å²) >= 11 is 0. The van der Waals surface area contributed by atoms with Gasteiger partial charge in [-0.2, -0.15) is 0 Å². The van der Waals surface area contributed by atoms with E-state index in [9.17, 15) is 10.2 Å². The number of ether oxygens (including phenoxy) is 3. The van der Waals surface area contributed by atoms with Crippen LogP contribution in [0.5, 0.6) is 23.0 Å². The van der Waals surface area contributed by atoms with Crippen molar-refractivity contribution in [3.63, 3.8) is 0 Å². The Balaban J connectivity index is 1.54. The monoisotopic (exact) mass is 290 g/mol. The van der Waals surface area contributed by atoms with E-state index < -0.39 is 0 Å². The normalized spacial score (nSPS) is 10.3. The second kappa shape index (κ2) is 8.01. The molecule has 0 aliphatic rings. The van der Waals surface area contributed by atoms with E-state index in [4.69, 9.17) is 14.2 Å². The van der Waals surface area contributed by atoms with Gasteiger partial charge in [0.15, 0.2) is 0 Å². The third-order valence-corrected chi connectivity index (χ3v) is 2.63. The molecule has 5 nitrogen and oxygen atoms in total. The summed E-state index contributed by atoms with van der Waals surface area (Å²) in [5, 5.41) is 18.5. The first-order valence-corrected chi connectivity index (χ1v) is 6.65. The van der Waals surface area contributed by atoms with Crippen LogP contribution >= 0.6 is 0 Å². The standard InChI is InChI=1S/C16H18O5/c17-13-3-1-5-15(11-13)20-9-7-19-8-10-21-16-6-2-4-14(18)12-16/h1-6,11-12,17-18H,7-10H2. The number of rotatable bonds is 8. The zero-order valence-electron chi connectivity index (χ0n) is 11.6. The van der Waals surface area contributed by atoms with Crippen LogP contribution in [0.2, 0.25) is 0 Å². The summed E-state index contributed by atoms with van der Waals surface area (Å²) in [6.45, 7) is 1.66. The lowest BCUT2D eigenvalue weighted by atomic mass is 10.3. The smallest absolute Gasteiger partial charge is 0.123 e. The molecule has 5 heteroatoms. The lowest BCUT2D eigenvalue weighted by molar-refractivity contribution is 0.0763. The molecule has 2 rings (SSSR count). The second-order valence-corrected chi connectivity index (χ2v) is 4.30. The highest BCUT2D eigenvalue weighted by atomic mass is 16.5.